The third-order valence-electron chi connectivity index (χ3n) is 6.20. The van der Waals surface area contributed by atoms with Crippen LogP contribution in [0.1, 0.15) is 35.9 Å². The van der Waals surface area contributed by atoms with Crippen molar-refractivity contribution in [2.24, 2.45) is 0 Å². The van der Waals surface area contributed by atoms with Gasteiger partial charge in [-0.3, -0.25) is 4.79 Å². The summed E-state index contributed by atoms with van der Waals surface area (Å²) in [5.74, 6) is 0.666. The number of rotatable bonds is 6. The number of carbonyl (C=O) groups excluding carboxylic acids is 1. The van der Waals surface area contributed by atoms with E-state index in [1.165, 1.54) is 0 Å². The topological polar surface area (TPSA) is 46.9 Å². The van der Waals surface area contributed by atoms with E-state index in [0.29, 0.717) is 17.9 Å². The van der Waals surface area contributed by atoms with Gasteiger partial charge in [0.2, 0.25) is 0 Å². The highest BCUT2D eigenvalue weighted by Gasteiger charge is 2.25. The van der Waals surface area contributed by atoms with Crippen LogP contribution in [-0.2, 0) is 6.54 Å². The molecule has 0 saturated carbocycles. The summed E-state index contributed by atoms with van der Waals surface area (Å²) in [6.45, 7) is 4.69. The van der Waals surface area contributed by atoms with Crippen LogP contribution in [0.5, 0.6) is 0 Å². The van der Waals surface area contributed by atoms with Gasteiger partial charge in [-0.05, 0) is 36.2 Å². The first-order valence-corrected chi connectivity index (χ1v) is 11.7. The number of amides is 1. The second-order valence-corrected chi connectivity index (χ2v) is 8.41. The van der Waals surface area contributed by atoms with Crippen molar-refractivity contribution in [1.82, 2.24) is 14.9 Å². The van der Waals surface area contributed by atoms with Crippen LogP contribution in [-0.4, -0.2) is 15.5 Å². The Morgan fingerprint density at radius 1 is 0.824 bits per heavy atom. The molecule has 0 aliphatic carbocycles. The molecule has 4 nitrogen and oxygen atoms in total. The molecule has 0 spiro atoms. The molecule has 4 aromatic carbocycles. The molecule has 0 bridgehead atoms. The second kappa shape index (κ2) is 9.36. The van der Waals surface area contributed by atoms with E-state index in [0.717, 1.165) is 33.3 Å². The number of nitrogens with zero attached hydrogens (tertiary/aromatic N) is 2. The Balaban J connectivity index is 1.65. The monoisotopic (exact) mass is 445 g/mol. The first-order valence-electron chi connectivity index (χ1n) is 11.7. The fourth-order valence-corrected chi connectivity index (χ4v) is 4.43. The van der Waals surface area contributed by atoms with Crippen LogP contribution in [0, 0.1) is 0 Å². The SMILES string of the molecule is CCn1c(-c2ccccc2)nc(-c2ccc3ccccc3c2)c1C(=O)N[C@@H](C)c1ccccc1. The second-order valence-electron chi connectivity index (χ2n) is 8.41. The van der Waals surface area contributed by atoms with E-state index < -0.39 is 0 Å². The predicted molar refractivity (Wildman–Crippen MR) is 139 cm³/mol. The molecule has 0 radical (unpaired) electrons. The van der Waals surface area contributed by atoms with Gasteiger partial charge in [-0.1, -0.05) is 97.1 Å². The Morgan fingerprint density at radius 3 is 2.18 bits per heavy atom. The lowest BCUT2D eigenvalue weighted by Gasteiger charge is -2.16. The van der Waals surface area contributed by atoms with Gasteiger partial charge in [0.05, 0.1) is 6.04 Å². The quantitative estimate of drug-likeness (QED) is 0.310. The number of aromatic nitrogens is 2. The molecular weight excluding hydrogens is 418 g/mol. The molecule has 1 aromatic heterocycles. The van der Waals surface area contributed by atoms with Crippen LogP contribution in [0.25, 0.3) is 33.4 Å². The number of carbonyl (C=O) groups is 1. The molecule has 0 fully saturated rings. The predicted octanol–water partition coefficient (Wildman–Crippen LogP) is 6.88. The summed E-state index contributed by atoms with van der Waals surface area (Å²) in [5.41, 5.74) is 4.26. The van der Waals surface area contributed by atoms with Crippen LogP contribution < -0.4 is 5.32 Å². The third-order valence-corrected chi connectivity index (χ3v) is 6.20. The summed E-state index contributed by atoms with van der Waals surface area (Å²) in [6, 6.07) is 34.4. The summed E-state index contributed by atoms with van der Waals surface area (Å²) < 4.78 is 2.02. The Labute approximate surface area is 199 Å². The maximum Gasteiger partial charge on any atom is 0.270 e. The van der Waals surface area contributed by atoms with Gasteiger partial charge in [-0.2, -0.15) is 0 Å². The molecule has 0 aliphatic rings. The molecule has 34 heavy (non-hydrogen) atoms. The molecule has 1 atom stereocenters. The lowest BCUT2D eigenvalue weighted by atomic mass is 10.0. The normalized spacial score (nSPS) is 11.9. The van der Waals surface area contributed by atoms with Crippen molar-refractivity contribution < 1.29 is 4.79 Å². The van der Waals surface area contributed by atoms with Gasteiger partial charge in [-0.25, -0.2) is 4.98 Å². The molecular formula is C30H27N3O. The van der Waals surface area contributed by atoms with Gasteiger partial charge in [0.15, 0.2) is 0 Å². The summed E-state index contributed by atoms with van der Waals surface area (Å²) in [6.07, 6.45) is 0. The zero-order chi connectivity index (χ0) is 23.5. The minimum atomic E-state index is -0.129. The first-order chi connectivity index (χ1) is 16.7. The van der Waals surface area contributed by atoms with E-state index in [4.69, 9.17) is 4.98 Å². The summed E-state index contributed by atoms with van der Waals surface area (Å²) in [5, 5.41) is 5.48. The molecule has 0 saturated heterocycles. The summed E-state index contributed by atoms with van der Waals surface area (Å²) in [7, 11) is 0. The fraction of sp³-hybridized carbons (Fsp3) is 0.133. The van der Waals surface area contributed by atoms with Gasteiger partial charge < -0.3 is 9.88 Å². The average Bonchev–Trinajstić information content (AvgIpc) is 3.29. The van der Waals surface area contributed by atoms with Crippen LogP contribution in [0.15, 0.2) is 103 Å². The lowest BCUT2D eigenvalue weighted by Crippen LogP contribution is -2.29. The van der Waals surface area contributed by atoms with Crippen molar-refractivity contribution >= 4 is 16.7 Å². The Bertz CT molecular complexity index is 1440. The van der Waals surface area contributed by atoms with E-state index >= 15 is 0 Å². The molecule has 168 valence electrons. The van der Waals surface area contributed by atoms with Crippen LogP contribution in [0.3, 0.4) is 0 Å². The van der Waals surface area contributed by atoms with Gasteiger partial charge in [0.25, 0.3) is 5.91 Å². The van der Waals surface area contributed by atoms with Crippen molar-refractivity contribution in [3.63, 3.8) is 0 Å². The minimum Gasteiger partial charge on any atom is -0.344 e. The van der Waals surface area contributed by atoms with E-state index in [2.05, 4.69) is 42.6 Å². The molecule has 1 heterocycles. The van der Waals surface area contributed by atoms with Crippen molar-refractivity contribution in [2.45, 2.75) is 26.4 Å². The van der Waals surface area contributed by atoms with Gasteiger partial charge >= 0.3 is 0 Å². The van der Waals surface area contributed by atoms with Gasteiger partial charge in [0, 0.05) is 17.7 Å². The maximum absolute atomic E-state index is 13.7. The standard InChI is InChI=1S/C30H27N3O/c1-3-33-28(30(34)31-21(2)22-12-6-4-7-13-22)27(32-29(33)24-15-8-5-9-16-24)26-19-18-23-14-10-11-17-25(23)20-26/h4-21H,3H2,1-2H3,(H,31,34)/t21-/m0/s1. The smallest absolute Gasteiger partial charge is 0.270 e. The van der Waals surface area contributed by atoms with Crippen LogP contribution >= 0.6 is 0 Å². The number of fused-ring (bicyclic) bond motifs is 1. The van der Waals surface area contributed by atoms with E-state index in [1.807, 2.05) is 84.3 Å². The summed E-state index contributed by atoms with van der Waals surface area (Å²) >= 11 is 0. The number of nitrogens with one attached hydrogen (secondary N) is 1. The van der Waals surface area contributed by atoms with Crippen LogP contribution in [0.4, 0.5) is 0 Å². The van der Waals surface area contributed by atoms with Crippen molar-refractivity contribution in [2.75, 3.05) is 0 Å². The zero-order valence-corrected chi connectivity index (χ0v) is 19.4. The van der Waals surface area contributed by atoms with Gasteiger partial charge in [0.1, 0.15) is 17.2 Å². The average molecular weight is 446 g/mol. The number of hydrogen-bond acceptors (Lipinski definition) is 2. The highest BCUT2D eigenvalue weighted by atomic mass is 16.2. The van der Waals surface area contributed by atoms with Crippen molar-refractivity contribution in [1.29, 1.82) is 0 Å². The molecule has 0 aliphatic heterocycles. The highest BCUT2D eigenvalue weighted by molar-refractivity contribution is 6.01. The maximum atomic E-state index is 13.7. The number of imidazole rings is 1. The molecule has 5 rings (SSSR count). The highest BCUT2D eigenvalue weighted by Crippen LogP contribution is 2.32. The third kappa shape index (κ3) is 4.11. The largest absolute Gasteiger partial charge is 0.344 e. The van der Waals surface area contributed by atoms with Crippen molar-refractivity contribution in [3.8, 4) is 22.6 Å². The van der Waals surface area contributed by atoms with E-state index in [9.17, 15) is 4.79 Å². The molecule has 0 unspecified atom stereocenters. The molecule has 4 heteroatoms. The van der Waals surface area contributed by atoms with E-state index in [-0.39, 0.29) is 11.9 Å². The number of benzene rings is 4. The first kappa shape index (κ1) is 21.7. The minimum absolute atomic E-state index is 0.126. The van der Waals surface area contributed by atoms with Crippen molar-refractivity contribution in [3.05, 3.63) is 114 Å². The fourth-order valence-electron chi connectivity index (χ4n) is 4.43. The Morgan fingerprint density at radius 2 is 1.47 bits per heavy atom. The lowest BCUT2D eigenvalue weighted by molar-refractivity contribution is 0.0931. The van der Waals surface area contributed by atoms with E-state index in [1.54, 1.807) is 0 Å². The molecule has 5 aromatic rings. The Kier molecular flexibility index (Phi) is 5.96. The number of hydrogen-bond donors (Lipinski definition) is 1. The molecule has 1 amide bonds. The summed E-state index contributed by atoms with van der Waals surface area (Å²) in [4.78, 5) is 18.8. The van der Waals surface area contributed by atoms with Crippen LogP contribution in [0.2, 0.25) is 0 Å². The Hall–Kier alpha value is -4.18. The zero-order valence-electron chi connectivity index (χ0n) is 19.4. The van der Waals surface area contributed by atoms with Gasteiger partial charge in [-0.15, -0.1) is 0 Å². The molecule has 1 N–H and O–H groups in total.